The van der Waals surface area contributed by atoms with Gasteiger partial charge in [0.05, 0.1) is 30.3 Å². The summed E-state index contributed by atoms with van der Waals surface area (Å²) in [5.41, 5.74) is 3.52. The number of carboxylic acids is 2. The molecule has 0 saturated carbocycles. The first kappa shape index (κ1) is 24.1. The number of benzene rings is 3. The van der Waals surface area contributed by atoms with Gasteiger partial charge in [-0.3, -0.25) is 0 Å². The summed E-state index contributed by atoms with van der Waals surface area (Å²) in [6.07, 6.45) is 0. The molecule has 2 aromatic rings. The molecular formula is C29H29N4O5+. The van der Waals surface area contributed by atoms with Crippen LogP contribution in [-0.4, -0.2) is 74.5 Å². The summed E-state index contributed by atoms with van der Waals surface area (Å²) in [6.45, 7) is 7.18. The van der Waals surface area contributed by atoms with Crippen LogP contribution in [0.5, 0.6) is 0 Å². The molecule has 0 unspecified atom stereocenters. The van der Waals surface area contributed by atoms with Crippen molar-refractivity contribution in [3.63, 3.8) is 0 Å². The second kappa shape index (κ2) is 9.92. The first-order valence-corrected chi connectivity index (χ1v) is 12.9. The number of fused-ring (bicyclic) bond motifs is 2. The minimum Gasteiger partial charge on any atom is -0.478 e. The Balaban J connectivity index is 1.63. The van der Waals surface area contributed by atoms with Crippen molar-refractivity contribution in [1.29, 1.82) is 0 Å². The summed E-state index contributed by atoms with van der Waals surface area (Å²) in [4.78, 5) is 26.2. The van der Waals surface area contributed by atoms with Crippen molar-refractivity contribution in [3.05, 3.63) is 71.1 Å². The first-order valence-electron chi connectivity index (χ1n) is 12.9. The minimum absolute atomic E-state index is 0.0592. The summed E-state index contributed by atoms with van der Waals surface area (Å²) in [5.74, 6) is -1.70. The Morgan fingerprint density at radius 2 is 1.55 bits per heavy atom. The van der Waals surface area contributed by atoms with Gasteiger partial charge in [-0.25, -0.2) is 14.2 Å². The lowest BCUT2D eigenvalue weighted by molar-refractivity contribution is 0.0696. The zero-order chi connectivity index (χ0) is 26.2. The Morgan fingerprint density at radius 1 is 0.816 bits per heavy atom. The standard InChI is InChI=1S/C29H28N4O5/c34-28(35)18-1-4-21(24(15-18)29(36)37)27-22-5-2-19(32-11-7-30-8-12-32)16-25(22)38-26-17-20(3-6-23(26)27)33-13-9-31-10-14-33/h1-6,15-17,30-31H,7-14H2,(H-,34,35,36,37)/p+1. The van der Waals surface area contributed by atoms with E-state index in [1.165, 1.54) is 12.1 Å². The predicted octanol–water partition coefficient (Wildman–Crippen LogP) is 2.39. The highest BCUT2D eigenvalue weighted by Crippen LogP contribution is 2.42. The first-order chi connectivity index (χ1) is 18.5. The number of hydrogen-bond donors (Lipinski definition) is 4. The number of rotatable bonds is 4. The van der Waals surface area contributed by atoms with E-state index < -0.39 is 11.9 Å². The zero-order valence-electron chi connectivity index (χ0n) is 20.9. The Labute approximate surface area is 219 Å². The van der Waals surface area contributed by atoms with Crippen LogP contribution in [-0.2, 0) is 0 Å². The Morgan fingerprint density at radius 3 is 2.29 bits per heavy atom. The minimum atomic E-state index is -1.18. The van der Waals surface area contributed by atoms with Crippen molar-refractivity contribution in [2.45, 2.75) is 0 Å². The van der Waals surface area contributed by atoms with Crippen LogP contribution < -0.4 is 25.5 Å². The van der Waals surface area contributed by atoms with Crippen LogP contribution in [0.25, 0.3) is 33.4 Å². The molecule has 194 valence electrons. The van der Waals surface area contributed by atoms with E-state index in [0.717, 1.165) is 74.4 Å². The van der Waals surface area contributed by atoms with Crippen LogP contribution in [0.2, 0.25) is 0 Å². The number of carbonyl (C=O) groups is 2. The molecule has 2 fully saturated rings. The summed E-state index contributed by atoms with van der Waals surface area (Å²) in [6, 6.07) is 16.4. The molecule has 0 atom stereocenters. The van der Waals surface area contributed by atoms with Crippen molar-refractivity contribution in [1.82, 2.24) is 15.2 Å². The smallest absolute Gasteiger partial charge is 0.336 e. The van der Waals surface area contributed by atoms with Gasteiger partial charge in [-0.15, -0.1) is 0 Å². The van der Waals surface area contributed by atoms with Gasteiger partial charge in [-0.1, -0.05) is 6.07 Å². The third kappa shape index (κ3) is 4.40. The van der Waals surface area contributed by atoms with Gasteiger partial charge in [0.1, 0.15) is 11.3 Å². The van der Waals surface area contributed by atoms with Crippen LogP contribution in [0.1, 0.15) is 20.7 Å². The molecule has 0 aromatic heterocycles. The van der Waals surface area contributed by atoms with Gasteiger partial charge < -0.3 is 30.2 Å². The number of hydrogen-bond acceptors (Lipinski definition) is 6. The molecule has 1 aliphatic carbocycles. The molecule has 0 bridgehead atoms. The highest BCUT2D eigenvalue weighted by atomic mass is 16.4. The fourth-order valence-corrected chi connectivity index (χ4v) is 5.47. The molecule has 2 aromatic carbocycles. The van der Waals surface area contributed by atoms with Crippen molar-refractivity contribution in [2.24, 2.45) is 0 Å². The number of nitrogens with zero attached hydrogens (tertiary/aromatic N) is 2. The highest BCUT2D eigenvalue weighted by molar-refractivity contribution is 6.08. The van der Waals surface area contributed by atoms with Gasteiger partial charge >= 0.3 is 11.9 Å². The van der Waals surface area contributed by atoms with Crippen molar-refractivity contribution < 1.29 is 24.2 Å². The third-order valence-corrected chi connectivity index (χ3v) is 7.42. The highest BCUT2D eigenvalue weighted by Gasteiger charge is 2.24. The molecule has 3 heterocycles. The maximum atomic E-state index is 12.3. The predicted molar refractivity (Wildman–Crippen MR) is 145 cm³/mol. The van der Waals surface area contributed by atoms with E-state index in [9.17, 15) is 19.8 Å². The Hall–Kier alpha value is -4.21. The number of piperazine rings is 2. The number of aromatic carboxylic acids is 2. The van der Waals surface area contributed by atoms with Crippen molar-refractivity contribution >= 4 is 28.6 Å². The van der Waals surface area contributed by atoms with Crippen LogP contribution in [0.15, 0.2) is 59.0 Å². The van der Waals surface area contributed by atoms with Gasteiger partial charge in [-0.05, 0) is 35.9 Å². The van der Waals surface area contributed by atoms with Crippen molar-refractivity contribution in [3.8, 4) is 22.5 Å². The fourth-order valence-electron chi connectivity index (χ4n) is 5.47. The second-order valence-corrected chi connectivity index (χ2v) is 9.68. The van der Waals surface area contributed by atoms with Gasteiger partial charge in [0.15, 0.2) is 13.1 Å². The number of nitrogens with one attached hydrogen (secondary N) is 2. The lowest BCUT2D eigenvalue weighted by atomic mass is 9.89. The van der Waals surface area contributed by atoms with Crippen LogP contribution in [0, 0.1) is 0 Å². The average Bonchev–Trinajstić information content (AvgIpc) is 2.96. The molecule has 9 heteroatoms. The maximum Gasteiger partial charge on any atom is 0.336 e. The average molecular weight is 514 g/mol. The summed E-state index contributed by atoms with van der Waals surface area (Å²) < 4.78 is 8.81. The van der Waals surface area contributed by atoms with E-state index in [4.69, 9.17) is 4.42 Å². The Bertz CT molecular complexity index is 1590. The van der Waals surface area contributed by atoms with Crippen LogP contribution >= 0.6 is 0 Å². The van der Waals surface area contributed by atoms with Crippen LogP contribution in [0.4, 0.5) is 5.69 Å². The van der Waals surface area contributed by atoms with Gasteiger partial charge in [0.25, 0.3) is 0 Å². The zero-order valence-corrected chi connectivity index (χ0v) is 20.9. The topological polar surface area (TPSA) is 118 Å². The van der Waals surface area contributed by atoms with Crippen LogP contribution in [0.3, 0.4) is 0 Å². The van der Waals surface area contributed by atoms with E-state index in [1.807, 2.05) is 36.4 Å². The fraction of sp³-hybridized carbons (Fsp3) is 0.276. The molecule has 0 spiro atoms. The van der Waals surface area contributed by atoms with E-state index in [2.05, 4.69) is 20.1 Å². The van der Waals surface area contributed by atoms with Gasteiger partial charge in [0, 0.05) is 60.5 Å². The lowest BCUT2D eigenvalue weighted by Crippen LogP contribution is -2.45. The number of carboxylic acid groups (broad SMARTS) is 2. The van der Waals surface area contributed by atoms with Crippen molar-refractivity contribution in [2.75, 3.05) is 57.3 Å². The summed E-state index contributed by atoms with van der Waals surface area (Å²) in [7, 11) is 0. The molecule has 2 saturated heterocycles. The molecule has 38 heavy (non-hydrogen) atoms. The molecule has 0 radical (unpaired) electrons. The normalized spacial score (nSPS) is 16.2. The van der Waals surface area contributed by atoms with E-state index in [0.29, 0.717) is 22.5 Å². The maximum absolute atomic E-state index is 12.3. The summed E-state index contributed by atoms with van der Waals surface area (Å²) >= 11 is 0. The molecule has 4 aliphatic rings. The monoisotopic (exact) mass is 513 g/mol. The Kier molecular flexibility index (Phi) is 6.30. The van der Waals surface area contributed by atoms with E-state index in [1.54, 1.807) is 6.07 Å². The quantitative estimate of drug-likeness (QED) is 0.243. The lowest BCUT2D eigenvalue weighted by Gasteiger charge is -2.29. The molecule has 3 aliphatic heterocycles. The van der Waals surface area contributed by atoms with Gasteiger partial charge in [0.2, 0.25) is 5.36 Å². The third-order valence-electron chi connectivity index (χ3n) is 7.42. The number of anilines is 1. The van der Waals surface area contributed by atoms with E-state index >= 15 is 0 Å². The van der Waals surface area contributed by atoms with Gasteiger partial charge in [-0.2, -0.15) is 0 Å². The molecule has 6 rings (SSSR count). The molecular weight excluding hydrogens is 484 g/mol. The summed E-state index contributed by atoms with van der Waals surface area (Å²) in [5, 5.41) is 28.1. The largest absolute Gasteiger partial charge is 0.478 e. The van der Waals surface area contributed by atoms with E-state index in [-0.39, 0.29) is 11.1 Å². The SMILES string of the molecule is O=C(O)c1ccc(-c2c3ccc(=[N+]4CCNCC4)cc-3oc3cc(N4CCNCC4)ccc23)c(C(=O)O)c1. The molecule has 0 amide bonds. The molecule has 4 N–H and O–H groups in total. The second-order valence-electron chi connectivity index (χ2n) is 9.68. The molecule has 9 nitrogen and oxygen atoms in total.